The molecule has 0 spiro atoms. The molecule has 0 radical (unpaired) electrons. The molecule has 0 unspecified atom stereocenters. The predicted octanol–water partition coefficient (Wildman–Crippen LogP) is 1.68. The molecular weight excluding hydrogens is 244 g/mol. The van der Waals surface area contributed by atoms with Gasteiger partial charge in [-0.1, -0.05) is 24.3 Å². The van der Waals surface area contributed by atoms with Crippen LogP contribution in [0.25, 0.3) is 11.1 Å². The van der Waals surface area contributed by atoms with Crippen LogP contribution in [0.1, 0.15) is 13.3 Å². The number of para-hydroxylation sites is 2. The summed E-state index contributed by atoms with van der Waals surface area (Å²) in [5.41, 5.74) is 1.13. The van der Waals surface area contributed by atoms with Gasteiger partial charge in [0.25, 0.3) is 0 Å². The highest BCUT2D eigenvalue weighted by Crippen LogP contribution is 2.11. The maximum absolute atomic E-state index is 11.7. The highest BCUT2D eigenvalue weighted by molar-refractivity contribution is 5.79. The molecule has 0 aliphatic heterocycles. The first-order chi connectivity index (χ1) is 9.22. The molecular formula is C14H16N2O3. The van der Waals surface area contributed by atoms with E-state index >= 15 is 0 Å². The summed E-state index contributed by atoms with van der Waals surface area (Å²) in [6.07, 6.45) is 4.68. The second-order valence-corrected chi connectivity index (χ2v) is 4.13. The van der Waals surface area contributed by atoms with Gasteiger partial charge in [-0.2, -0.15) is 0 Å². The van der Waals surface area contributed by atoms with Gasteiger partial charge in [-0.05, 0) is 25.5 Å². The number of allylic oxidation sites excluding steroid dienone is 1. The van der Waals surface area contributed by atoms with Gasteiger partial charge in [0.05, 0.1) is 5.52 Å². The Morgan fingerprint density at radius 2 is 2.21 bits per heavy atom. The Labute approximate surface area is 110 Å². The van der Waals surface area contributed by atoms with E-state index in [0.29, 0.717) is 17.6 Å². The van der Waals surface area contributed by atoms with Crippen molar-refractivity contribution in [2.24, 2.45) is 0 Å². The molecule has 1 aromatic carbocycles. The largest absolute Gasteiger partial charge is 0.420 e. The molecule has 0 fully saturated rings. The van der Waals surface area contributed by atoms with Crippen molar-refractivity contribution in [1.82, 2.24) is 9.88 Å². The third-order valence-electron chi connectivity index (χ3n) is 2.74. The third kappa shape index (κ3) is 3.13. The molecule has 2 aromatic rings. The molecule has 5 nitrogen and oxygen atoms in total. The van der Waals surface area contributed by atoms with E-state index in [1.807, 2.05) is 19.1 Å². The average Bonchev–Trinajstić information content (AvgIpc) is 2.72. The smallest absolute Gasteiger partial charge is 0.408 e. The first-order valence-corrected chi connectivity index (χ1v) is 6.18. The summed E-state index contributed by atoms with van der Waals surface area (Å²) in [4.78, 5) is 23.4. The van der Waals surface area contributed by atoms with Gasteiger partial charge < -0.3 is 9.73 Å². The topological polar surface area (TPSA) is 64.2 Å². The molecule has 0 saturated heterocycles. The van der Waals surface area contributed by atoms with Crippen LogP contribution in [0.15, 0.2) is 45.6 Å². The molecule has 19 heavy (non-hydrogen) atoms. The number of hydrogen-bond donors (Lipinski definition) is 1. The van der Waals surface area contributed by atoms with Gasteiger partial charge >= 0.3 is 5.76 Å². The van der Waals surface area contributed by atoms with Gasteiger partial charge in [0, 0.05) is 6.54 Å². The van der Waals surface area contributed by atoms with Crippen LogP contribution in [0, 0.1) is 0 Å². The molecule has 100 valence electrons. The quantitative estimate of drug-likeness (QED) is 0.657. The molecule has 5 heteroatoms. The van der Waals surface area contributed by atoms with Gasteiger partial charge in [-0.3, -0.25) is 9.36 Å². The number of aromatic nitrogens is 1. The van der Waals surface area contributed by atoms with Crippen molar-refractivity contribution in [1.29, 1.82) is 0 Å². The van der Waals surface area contributed by atoms with Crippen molar-refractivity contribution in [2.75, 3.05) is 6.54 Å². The Hall–Kier alpha value is -2.30. The second kappa shape index (κ2) is 6.04. The summed E-state index contributed by atoms with van der Waals surface area (Å²) in [7, 11) is 0. The summed E-state index contributed by atoms with van der Waals surface area (Å²) < 4.78 is 6.39. The molecule has 1 amide bonds. The molecule has 0 atom stereocenters. The minimum atomic E-state index is -0.509. The predicted molar refractivity (Wildman–Crippen MR) is 72.9 cm³/mol. The minimum Gasteiger partial charge on any atom is -0.408 e. The summed E-state index contributed by atoms with van der Waals surface area (Å²) in [6, 6.07) is 7.05. The first kappa shape index (κ1) is 13.1. The number of oxazole rings is 1. The van der Waals surface area contributed by atoms with Crippen molar-refractivity contribution in [3.8, 4) is 0 Å². The number of hydrogen-bond acceptors (Lipinski definition) is 3. The zero-order valence-electron chi connectivity index (χ0n) is 10.8. The lowest BCUT2D eigenvalue weighted by atomic mass is 10.3. The number of rotatable bonds is 5. The van der Waals surface area contributed by atoms with E-state index in [-0.39, 0.29) is 12.5 Å². The van der Waals surface area contributed by atoms with Crippen molar-refractivity contribution >= 4 is 17.0 Å². The molecule has 0 bridgehead atoms. The molecule has 0 saturated carbocycles. The zero-order valence-corrected chi connectivity index (χ0v) is 10.8. The number of nitrogens with one attached hydrogen (secondary N) is 1. The van der Waals surface area contributed by atoms with Crippen LogP contribution < -0.4 is 11.1 Å². The van der Waals surface area contributed by atoms with Crippen LogP contribution in [0.3, 0.4) is 0 Å². The van der Waals surface area contributed by atoms with Crippen molar-refractivity contribution in [3.63, 3.8) is 0 Å². The van der Waals surface area contributed by atoms with E-state index in [0.717, 1.165) is 6.42 Å². The molecule has 1 heterocycles. The fourth-order valence-electron chi connectivity index (χ4n) is 1.82. The van der Waals surface area contributed by atoms with E-state index in [1.54, 1.807) is 24.3 Å². The van der Waals surface area contributed by atoms with Crippen LogP contribution >= 0.6 is 0 Å². The van der Waals surface area contributed by atoms with E-state index in [1.165, 1.54) is 4.57 Å². The summed E-state index contributed by atoms with van der Waals surface area (Å²) in [5, 5.41) is 2.76. The molecule has 2 rings (SSSR count). The van der Waals surface area contributed by atoms with Crippen LogP contribution in [-0.2, 0) is 11.3 Å². The molecule has 0 aliphatic carbocycles. The van der Waals surface area contributed by atoms with Gasteiger partial charge in [0.2, 0.25) is 5.91 Å². The normalized spacial score (nSPS) is 11.2. The lowest BCUT2D eigenvalue weighted by Crippen LogP contribution is -2.31. The number of benzene rings is 1. The maximum Gasteiger partial charge on any atom is 0.420 e. The Bertz CT molecular complexity index is 652. The number of amides is 1. The van der Waals surface area contributed by atoms with Crippen LogP contribution in [0.2, 0.25) is 0 Å². The number of carbonyl (C=O) groups is 1. The summed E-state index contributed by atoms with van der Waals surface area (Å²) in [6.45, 7) is 2.47. The Morgan fingerprint density at radius 3 is 3.00 bits per heavy atom. The van der Waals surface area contributed by atoms with Gasteiger partial charge in [0.1, 0.15) is 6.54 Å². The standard InChI is InChI=1S/C14H16N2O3/c1-2-3-6-9-15-13(17)10-16-11-7-4-5-8-12(11)19-14(16)18/h2-5,7-8H,6,9-10H2,1H3,(H,15,17)/b3-2+. The fraction of sp³-hybridized carbons (Fsp3) is 0.286. The van der Waals surface area contributed by atoms with E-state index in [4.69, 9.17) is 4.42 Å². The highest BCUT2D eigenvalue weighted by Gasteiger charge is 2.11. The monoisotopic (exact) mass is 260 g/mol. The minimum absolute atomic E-state index is 0.0221. The zero-order chi connectivity index (χ0) is 13.7. The van der Waals surface area contributed by atoms with Crippen LogP contribution in [-0.4, -0.2) is 17.0 Å². The SMILES string of the molecule is C/C=C/CCNC(=O)Cn1c(=O)oc2ccccc21. The molecule has 0 aliphatic rings. The fourth-order valence-corrected chi connectivity index (χ4v) is 1.82. The van der Waals surface area contributed by atoms with Crippen molar-refractivity contribution in [2.45, 2.75) is 19.9 Å². The summed E-state index contributed by atoms with van der Waals surface area (Å²) >= 11 is 0. The molecule has 1 N–H and O–H groups in total. The average molecular weight is 260 g/mol. The van der Waals surface area contributed by atoms with Crippen LogP contribution in [0.4, 0.5) is 0 Å². The number of nitrogens with zero attached hydrogens (tertiary/aromatic N) is 1. The Kier molecular flexibility index (Phi) is 4.18. The number of fused-ring (bicyclic) bond motifs is 1. The number of carbonyl (C=O) groups excluding carboxylic acids is 1. The highest BCUT2D eigenvalue weighted by atomic mass is 16.4. The van der Waals surface area contributed by atoms with Gasteiger partial charge in [-0.25, -0.2) is 4.79 Å². The third-order valence-corrected chi connectivity index (χ3v) is 2.74. The first-order valence-electron chi connectivity index (χ1n) is 6.18. The Balaban J connectivity index is 2.07. The van der Waals surface area contributed by atoms with Crippen LogP contribution in [0.5, 0.6) is 0 Å². The van der Waals surface area contributed by atoms with E-state index < -0.39 is 5.76 Å². The lowest BCUT2D eigenvalue weighted by molar-refractivity contribution is -0.121. The summed E-state index contributed by atoms with van der Waals surface area (Å²) in [5.74, 6) is -0.706. The van der Waals surface area contributed by atoms with Crippen molar-refractivity contribution < 1.29 is 9.21 Å². The van der Waals surface area contributed by atoms with Gasteiger partial charge in [-0.15, -0.1) is 0 Å². The van der Waals surface area contributed by atoms with Crippen molar-refractivity contribution in [3.05, 3.63) is 47.0 Å². The molecule has 1 aromatic heterocycles. The maximum atomic E-state index is 11.7. The van der Waals surface area contributed by atoms with Gasteiger partial charge in [0.15, 0.2) is 5.58 Å². The van der Waals surface area contributed by atoms with E-state index in [2.05, 4.69) is 5.32 Å². The van der Waals surface area contributed by atoms with E-state index in [9.17, 15) is 9.59 Å². The lowest BCUT2D eigenvalue weighted by Gasteiger charge is -2.03. The second-order valence-electron chi connectivity index (χ2n) is 4.13. The Morgan fingerprint density at radius 1 is 1.42 bits per heavy atom.